The molecular formula is C28H26N2O3. The predicted octanol–water partition coefficient (Wildman–Crippen LogP) is 6.34. The molecule has 0 fully saturated rings. The molecule has 1 aromatic heterocycles. The second-order valence-electron chi connectivity index (χ2n) is 7.86. The van der Waals surface area contributed by atoms with Crippen molar-refractivity contribution >= 4 is 21.8 Å². The Balaban J connectivity index is 1.37. The van der Waals surface area contributed by atoms with Gasteiger partial charge in [0.25, 0.3) is 0 Å². The molecule has 166 valence electrons. The number of nitrogens with zero attached hydrogens (tertiary/aromatic N) is 2. The summed E-state index contributed by atoms with van der Waals surface area (Å²) in [5.74, 6) is 3.19. The van der Waals surface area contributed by atoms with Crippen LogP contribution in [0, 0.1) is 0 Å². The van der Waals surface area contributed by atoms with Crippen LogP contribution in [0.15, 0.2) is 84.9 Å². The van der Waals surface area contributed by atoms with Gasteiger partial charge in [0.2, 0.25) is 0 Å². The number of fused-ring (bicyclic) bond motifs is 2. The monoisotopic (exact) mass is 438 g/mol. The third-order valence-corrected chi connectivity index (χ3v) is 5.81. The number of aromatic nitrogens is 2. The number of methoxy groups -OCH3 is 2. The van der Waals surface area contributed by atoms with Crippen molar-refractivity contribution in [2.75, 3.05) is 20.8 Å². The van der Waals surface area contributed by atoms with Gasteiger partial charge in [0.1, 0.15) is 11.6 Å². The average molecular weight is 439 g/mol. The molecule has 4 aromatic carbocycles. The van der Waals surface area contributed by atoms with Crippen LogP contribution >= 0.6 is 0 Å². The van der Waals surface area contributed by atoms with Gasteiger partial charge in [-0.25, -0.2) is 4.98 Å². The van der Waals surface area contributed by atoms with Gasteiger partial charge in [-0.15, -0.1) is 0 Å². The van der Waals surface area contributed by atoms with Crippen LogP contribution in [0.4, 0.5) is 0 Å². The molecule has 0 aliphatic heterocycles. The molecule has 0 radical (unpaired) electrons. The fourth-order valence-electron chi connectivity index (χ4n) is 4.17. The first-order chi connectivity index (χ1) is 16.3. The van der Waals surface area contributed by atoms with E-state index in [1.165, 1.54) is 10.8 Å². The van der Waals surface area contributed by atoms with Gasteiger partial charge in [0.15, 0.2) is 11.5 Å². The molecule has 5 aromatic rings. The standard InChI is InChI=1S/C28H26N2O3/c1-31-26-15-13-22(19-27(26)32-2)28-29-24-10-5-6-11-25(24)30(28)16-7-17-33-23-14-12-20-8-3-4-9-21(20)18-23/h3-6,8-15,18-19H,7,16-17H2,1-2H3. The molecule has 0 spiro atoms. The van der Waals surface area contributed by atoms with Gasteiger partial charge in [-0.3, -0.25) is 0 Å². The minimum Gasteiger partial charge on any atom is -0.494 e. The predicted molar refractivity (Wildman–Crippen MR) is 132 cm³/mol. The molecule has 0 bridgehead atoms. The fraction of sp³-hybridized carbons (Fsp3) is 0.179. The summed E-state index contributed by atoms with van der Waals surface area (Å²) in [7, 11) is 3.29. The fourth-order valence-corrected chi connectivity index (χ4v) is 4.17. The highest BCUT2D eigenvalue weighted by Crippen LogP contribution is 2.33. The molecule has 0 unspecified atom stereocenters. The van der Waals surface area contributed by atoms with Crippen molar-refractivity contribution in [3.05, 3.63) is 84.9 Å². The highest BCUT2D eigenvalue weighted by atomic mass is 16.5. The summed E-state index contributed by atoms with van der Waals surface area (Å²) in [6.45, 7) is 1.41. The molecule has 0 N–H and O–H groups in total. The summed E-state index contributed by atoms with van der Waals surface area (Å²) >= 11 is 0. The van der Waals surface area contributed by atoms with E-state index in [-0.39, 0.29) is 0 Å². The topological polar surface area (TPSA) is 45.5 Å². The zero-order valence-corrected chi connectivity index (χ0v) is 18.8. The van der Waals surface area contributed by atoms with Crippen molar-refractivity contribution in [2.45, 2.75) is 13.0 Å². The van der Waals surface area contributed by atoms with Crippen LogP contribution in [0.25, 0.3) is 33.2 Å². The Morgan fingerprint density at radius 3 is 2.39 bits per heavy atom. The van der Waals surface area contributed by atoms with Crippen LogP contribution in [0.3, 0.4) is 0 Å². The van der Waals surface area contributed by atoms with Crippen LogP contribution < -0.4 is 14.2 Å². The number of aryl methyl sites for hydroxylation is 1. The molecule has 1 heterocycles. The molecule has 0 amide bonds. The van der Waals surface area contributed by atoms with Crippen molar-refractivity contribution in [2.24, 2.45) is 0 Å². The van der Waals surface area contributed by atoms with Gasteiger partial charge < -0.3 is 18.8 Å². The van der Waals surface area contributed by atoms with Crippen LogP contribution in [0.1, 0.15) is 6.42 Å². The van der Waals surface area contributed by atoms with Gasteiger partial charge in [-0.05, 0) is 59.7 Å². The molecule has 5 rings (SSSR count). The largest absolute Gasteiger partial charge is 0.494 e. The number of rotatable bonds is 8. The SMILES string of the molecule is COc1ccc(-c2nc3ccccc3n2CCCOc2ccc3ccccc3c2)cc1OC. The normalized spacial score (nSPS) is 11.1. The van der Waals surface area contributed by atoms with E-state index in [9.17, 15) is 0 Å². The maximum atomic E-state index is 6.07. The third-order valence-electron chi connectivity index (χ3n) is 5.81. The summed E-state index contributed by atoms with van der Waals surface area (Å²) in [5.41, 5.74) is 3.06. The first-order valence-corrected chi connectivity index (χ1v) is 11.1. The lowest BCUT2D eigenvalue weighted by Gasteiger charge is -2.13. The molecule has 0 atom stereocenters. The number of hydrogen-bond acceptors (Lipinski definition) is 4. The Labute approximate surface area is 193 Å². The minimum atomic E-state index is 0.621. The average Bonchev–Trinajstić information content (AvgIpc) is 3.24. The Hall–Kier alpha value is -3.99. The van der Waals surface area contributed by atoms with E-state index in [0.717, 1.165) is 41.1 Å². The minimum absolute atomic E-state index is 0.621. The van der Waals surface area contributed by atoms with Crippen LogP contribution in [-0.4, -0.2) is 30.4 Å². The van der Waals surface area contributed by atoms with Crippen LogP contribution in [0.2, 0.25) is 0 Å². The first kappa shape index (κ1) is 20.9. The smallest absolute Gasteiger partial charge is 0.161 e. The molecule has 5 heteroatoms. The molecule has 0 saturated carbocycles. The molecular weight excluding hydrogens is 412 g/mol. The Bertz CT molecular complexity index is 1410. The molecule has 0 aliphatic carbocycles. The van der Waals surface area contributed by atoms with Crippen LogP contribution in [0.5, 0.6) is 17.2 Å². The lowest BCUT2D eigenvalue weighted by molar-refractivity contribution is 0.303. The molecule has 0 aliphatic rings. The van der Waals surface area contributed by atoms with Crippen LogP contribution in [-0.2, 0) is 6.54 Å². The van der Waals surface area contributed by atoms with E-state index < -0.39 is 0 Å². The number of para-hydroxylation sites is 2. The number of ether oxygens (including phenoxy) is 3. The first-order valence-electron chi connectivity index (χ1n) is 11.1. The Kier molecular flexibility index (Phi) is 5.85. The van der Waals surface area contributed by atoms with Gasteiger partial charge in [0, 0.05) is 12.1 Å². The lowest BCUT2D eigenvalue weighted by Crippen LogP contribution is -2.06. The Morgan fingerprint density at radius 1 is 0.758 bits per heavy atom. The van der Waals surface area contributed by atoms with E-state index in [0.29, 0.717) is 18.1 Å². The summed E-state index contributed by atoms with van der Waals surface area (Å²) in [6.07, 6.45) is 0.855. The third kappa shape index (κ3) is 4.22. The molecule has 0 saturated heterocycles. The lowest BCUT2D eigenvalue weighted by atomic mass is 10.1. The van der Waals surface area contributed by atoms with Gasteiger partial charge in [0.05, 0.1) is 31.9 Å². The zero-order chi connectivity index (χ0) is 22.6. The van der Waals surface area contributed by atoms with Crippen molar-refractivity contribution in [3.8, 4) is 28.6 Å². The quantitative estimate of drug-likeness (QED) is 0.265. The van der Waals surface area contributed by atoms with Gasteiger partial charge in [-0.2, -0.15) is 0 Å². The maximum absolute atomic E-state index is 6.07. The Morgan fingerprint density at radius 2 is 1.55 bits per heavy atom. The van der Waals surface area contributed by atoms with Crippen molar-refractivity contribution < 1.29 is 14.2 Å². The van der Waals surface area contributed by atoms with Crippen molar-refractivity contribution in [1.29, 1.82) is 0 Å². The van der Waals surface area contributed by atoms with Gasteiger partial charge >= 0.3 is 0 Å². The second kappa shape index (κ2) is 9.25. The van der Waals surface area contributed by atoms with E-state index >= 15 is 0 Å². The second-order valence-corrected chi connectivity index (χ2v) is 7.86. The van der Waals surface area contributed by atoms with E-state index in [2.05, 4.69) is 34.9 Å². The zero-order valence-electron chi connectivity index (χ0n) is 18.8. The summed E-state index contributed by atoms with van der Waals surface area (Å²) in [4.78, 5) is 4.91. The van der Waals surface area contributed by atoms with E-state index in [1.54, 1.807) is 14.2 Å². The summed E-state index contributed by atoms with van der Waals surface area (Å²) < 4.78 is 19.2. The summed E-state index contributed by atoms with van der Waals surface area (Å²) in [6, 6.07) is 28.7. The highest BCUT2D eigenvalue weighted by molar-refractivity contribution is 5.84. The van der Waals surface area contributed by atoms with E-state index in [1.807, 2.05) is 54.6 Å². The number of imidazole rings is 1. The number of benzene rings is 4. The van der Waals surface area contributed by atoms with Crippen molar-refractivity contribution in [3.63, 3.8) is 0 Å². The summed E-state index contributed by atoms with van der Waals surface area (Å²) in [5, 5.41) is 2.40. The number of hydrogen-bond donors (Lipinski definition) is 0. The van der Waals surface area contributed by atoms with E-state index in [4.69, 9.17) is 19.2 Å². The maximum Gasteiger partial charge on any atom is 0.161 e. The molecule has 5 nitrogen and oxygen atoms in total. The van der Waals surface area contributed by atoms with Gasteiger partial charge in [-0.1, -0.05) is 42.5 Å². The highest BCUT2D eigenvalue weighted by Gasteiger charge is 2.15. The molecule has 33 heavy (non-hydrogen) atoms. The van der Waals surface area contributed by atoms with Crippen molar-refractivity contribution in [1.82, 2.24) is 9.55 Å².